The molecule has 0 fully saturated rings. The lowest BCUT2D eigenvalue weighted by molar-refractivity contribution is -0.121. The summed E-state index contributed by atoms with van der Waals surface area (Å²) >= 11 is 7.39. The molecule has 176 valence electrons. The van der Waals surface area contributed by atoms with E-state index < -0.39 is 5.25 Å². The predicted molar refractivity (Wildman–Crippen MR) is 142 cm³/mol. The molecule has 0 radical (unpaired) electrons. The Bertz CT molecular complexity index is 1310. The average Bonchev–Trinajstić information content (AvgIpc) is 3.46. The van der Waals surface area contributed by atoms with Crippen molar-refractivity contribution in [2.75, 3.05) is 5.32 Å². The van der Waals surface area contributed by atoms with E-state index in [0.29, 0.717) is 22.3 Å². The summed E-state index contributed by atoms with van der Waals surface area (Å²) in [5.74, 6) is -0.539. The van der Waals surface area contributed by atoms with Crippen LogP contribution in [0.3, 0.4) is 0 Å². The number of amides is 2. The molecule has 2 amide bonds. The zero-order valence-corrected chi connectivity index (χ0v) is 20.6. The van der Waals surface area contributed by atoms with Gasteiger partial charge in [0, 0.05) is 23.6 Å². The van der Waals surface area contributed by atoms with Crippen LogP contribution >= 0.6 is 23.4 Å². The summed E-state index contributed by atoms with van der Waals surface area (Å²) in [5, 5.41) is 10.1. The molecule has 0 aromatic heterocycles. The Morgan fingerprint density at radius 3 is 2.49 bits per heavy atom. The molecule has 8 heteroatoms. The normalized spacial score (nSPS) is 19.5. The van der Waals surface area contributed by atoms with Crippen LogP contribution in [0.25, 0.3) is 0 Å². The van der Waals surface area contributed by atoms with Crippen LogP contribution < -0.4 is 5.32 Å². The van der Waals surface area contributed by atoms with Crippen molar-refractivity contribution in [1.82, 2.24) is 5.01 Å². The van der Waals surface area contributed by atoms with Crippen LogP contribution in [0, 0.1) is 6.92 Å². The Balaban J connectivity index is 1.34. The van der Waals surface area contributed by atoms with E-state index in [1.807, 2.05) is 90.8 Å². The number of halogens is 1. The van der Waals surface area contributed by atoms with Gasteiger partial charge in [0.05, 0.1) is 11.8 Å². The molecule has 3 aromatic rings. The average molecular weight is 503 g/mol. The maximum atomic E-state index is 12.7. The number of nitrogens with one attached hydrogen (secondary N) is 1. The van der Waals surface area contributed by atoms with E-state index in [9.17, 15) is 9.59 Å². The topological polar surface area (TPSA) is 74.1 Å². The van der Waals surface area contributed by atoms with Crippen molar-refractivity contribution in [3.8, 4) is 0 Å². The molecule has 0 aliphatic carbocycles. The van der Waals surface area contributed by atoms with Crippen molar-refractivity contribution in [2.45, 2.75) is 31.1 Å². The summed E-state index contributed by atoms with van der Waals surface area (Å²) in [4.78, 5) is 29.6. The van der Waals surface area contributed by atoms with Crippen molar-refractivity contribution in [3.63, 3.8) is 0 Å². The van der Waals surface area contributed by atoms with Crippen LogP contribution in [0.5, 0.6) is 0 Å². The van der Waals surface area contributed by atoms with Crippen LogP contribution in [-0.4, -0.2) is 33.0 Å². The van der Waals surface area contributed by atoms with Gasteiger partial charge in [-0.1, -0.05) is 83.5 Å². The second-order valence-corrected chi connectivity index (χ2v) is 10.1. The van der Waals surface area contributed by atoms with E-state index >= 15 is 0 Å². The minimum Gasteiger partial charge on any atom is -0.326 e. The lowest BCUT2D eigenvalue weighted by Crippen LogP contribution is -2.25. The van der Waals surface area contributed by atoms with E-state index in [2.05, 4.69) is 10.3 Å². The largest absolute Gasteiger partial charge is 0.326 e. The highest BCUT2D eigenvalue weighted by Crippen LogP contribution is 2.38. The van der Waals surface area contributed by atoms with Crippen LogP contribution in [0.1, 0.15) is 35.6 Å². The third kappa shape index (κ3) is 5.31. The number of nitrogens with zero attached hydrogens (tertiary/aromatic N) is 3. The SMILES string of the molecule is Cc1ccc(NC(=O)C[C@H]2SC(N3N=C(c4ccccc4)C[C@@H]3c3ccc(Cl)cc3)=NC2=O)cc1. The minimum absolute atomic E-state index is 0.0408. The summed E-state index contributed by atoms with van der Waals surface area (Å²) in [5.41, 5.74) is 4.79. The minimum atomic E-state index is -0.586. The van der Waals surface area contributed by atoms with Crippen molar-refractivity contribution >= 4 is 51.7 Å². The van der Waals surface area contributed by atoms with Gasteiger partial charge in [-0.05, 0) is 42.3 Å². The van der Waals surface area contributed by atoms with Crippen molar-refractivity contribution in [2.24, 2.45) is 10.1 Å². The highest BCUT2D eigenvalue weighted by Gasteiger charge is 2.39. The van der Waals surface area contributed by atoms with Gasteiger partial charge >= 0.3 is 0 Å². The lowest BCUT2D eigenvalue weighted by Gasteiger charge is -2.23. The van der Waals surface area contributed by atoms with Gasteiger partial charge in [-0.25, -0.2) is 5.01 Å². The molecule has 2 heterocycles. The number of amidine groups is 1. The summed E-state index contributed by atoms with van der Waals surface area (Å²) in [6, 6.07) is 25.0. The van der Waals surface area contributed by atoms with Crippen molar-refractivity contribution in [1.29, 1.82) is 0 Å². The van der Waals surface area contributed by atoms with E-state index in [1.165, 1.54) is 11.8 Å². The number of hydrogen-bond donors (Lipinski definition) is 1. The first-order chi connectivity index (χ1) is 17.0. The van der Waals surface area contributed by atoms with E-state index in [4.69, 9.17) is 16.7 Å². The fraction of sp³-hybridized carbons (Fsp3) is 0.185. The first kappa shape index (κ1) is 23.3. The number of anilines is 1. The van der Waals surface area contributed by atoms with Crippen LogP contribution in [0.4, 0.5) is 5.69 Å². The summed E-state index contributed by atoms with van der Waals surface area (Å²) in [6.45, 7) is 1.99. The fourth-order valence-corrected chi connectivity index (χ4v) is 5.25. The molecular formula is C27H23ClN4O2S. The summed E-state index contributed by atoms with van der Waals surface area (Å²) in [7, 11) is 0. The molecule has 5 rings (SSSR count). The third-order valence-electron chi connectivity index (χ3n) is 5.90. The molecule has 0 bridgehead atoms. The number of hydrogen-bond acceptors (Lipinski definition) is 5. The molecule has 0 saturated heterocycles. The number of aliphatic imine (C=N–C) groups is 1. The molecule has 2 aliphatic rings. The number of rotatable bonds is 5. The molecule has 2 aliphatic heterocycles. The van der Waals surface area contributed by atoms with Gasteiger partial charge in [-0.3, -0.25) is 9.59 Å². The number of hydrazone groups is 1. The first-order valence-corrected chi connectivity index (χ1v) is 12.6. The monoisotopic (exact) mass is 502 g/mol. The number of benzene rings is 3. The van der Waals surface area contributed by atoms with Crippen LogP contribution in [0.2, 0.25) is 5.02 Å². The van der Waals surface area contributed by atoms with E-state index in [1.54, 1.807) is 0 Å². The second kappa shape index (κ2) is 10.1. The number of carbonyl (C=O) groups is 2. The van der Waals surface area contributed by atoms with Gasteiger partial charge in [0.2, 0.25) is 5.91 Å². The van der Waals surface area contributed by atoms with E-state index in [0.717, 1.165) is 22.4 Å². The second-order valence-electron chi connectivity index (χ2n) is 8.49. The third-order valence-corrected chi connectivity index (χ3v) is 7.30. The zero-order chi connectivity index (χ0) is 24.4. The van der Waals surface area contributed by atoms with Crippen LogP contribution in [0.15, 0.2) is 89.0 Å². The van der Waals surface area contributed by atoms with Gasteiger partial charge in [0.25, 0.3) is 5.91 Å². The van der Waals surface area contributed by atoms with Crippen molar-refractivity contribution < 1.29 is 9.59 Å². The smallest absolute Gasteiger partial charge is 0.262 e. The standard InChI is InChI=1S/C27H23ClN4O2S/c1-17-7-13-21(14-8-17)29-25(33)16-24-26(34)30-27(35-24)32-23(19-9-11-20(28)12-10-19)15-22(31-32)18-5-3-2-4-6-18/h2-14,23-24H,15-16H2,1H3,(H,29,33)/t23-,24-/m1/s1. The van der Waals surface area contributed by atoms with Gasteiger partial charge in [0.1, 0.15) is 5.25 Å². The summed E-state index contributed by atoms with van der Waals surface area (Å²) in [6.07, 6.45) is 0.705. The fourth-order valence-electron chi connectivity index (χ4n) is 4.06. The number of carbonyl (C=O) groups excluding carboxylic acids is 2. The molecule has 0 saturated carbocycles. The molecule has 0 spiro atoms. The lowest BCUT2D eigenvalue weighted by atomic mass is 9.99. The molecule has 2 atom stereocenters. The van der Waals surface area contributed by atoms with Gasteiger partial charge in [0.15, 0.2) is 5.17 Å². The quantitative estimate of drug-likeness (QED) is 0.476. The van der Waals surface area contributed by atoms with Crippen LogP contribution in [-0.2, 0) is 9.59 Å². The number of thioether (sulfide) groups is 1. The molecule has 0 unspecified atom stereocenters. The molecule has 1 N–H and O–H groups in total. The van der Waals surface area contributed by atoms with Crippen molar-refractivity contribution in [3.05, 3.63) is 101 Å². The highest BCUT2D eigenvalue weighted by molar-refractivity contribution is 8.15. The summed E-state index contributed by atoms with van der Waals surface area (Å²) < 4.78 is 0. The Labute approximate surface area is 213 Å². The maximum absolute atomic E-state index is 12.7. The molecular weight excluding hydrogens is 480 g/mol. The Morgan fingerprint density at radius 2 is 1.77 bits per heavy atom. The highest BCUT2D eigenvalue weighted by atomic mass is 35.5. The van der Waals surface area contributed by atoms with E-state index in [-0.39, 0.29) is 24.3 Å². The Kier molecular flexibility index (Phi) is 6.70. The zero-order valence-electron chi connectivity index (χ0n) is 19.0. The molecule has 35 heavy (non-hydrogen) atoms. The number of aryl methyl sites for hydroxylation is 1. The van der Waals surface area contributed by atoms with Gasteiger partial charge in [-0.15, -0.1) is 0 Å². The first-order valence-electron chi connectivity index (χ1n) is 11.3. The Morgan fingerprint density at radius 1 is 1.06 bits per heavy atom. The Hall–Kier alpha value is -3.42. The molecule has 3 aromatic carbocycles. The predicted octanol–water partition coefficient (Wildman–Crippen LogP) is 5.83. The van der Waals surface area contributed by atoms with Gasteiger partial charge in [-0.2, -0.15) is 10.1 Å². The molecule has 6 nitrogen and oxygen atoms in total. The maximum Gasteiger partial charge on any atom is 0.262 e. The van der Waals surface area contributed by atoms with Gasteiger partial charge < -0.3 is 5.32 Å².